The van der Waals surface area contributed by atoms with E-state index in [1.807, 2.05) is 54.1 Å². The maximum absolute atomic E-state index is 12.7. The molecule has 3 aromatic rings. The first-order valence-corrected chi connectivity index (χ1v) is 9.09. The number of rotatable bonds is 3. The van der Waals surface area contributed by atoms with Gasteiger partial charge in [0.1, 0.15) is 6.33 Å². The lowest BCUT2D eigenvalue weighted by atomic mass is 9.91. The van der Waals surface area contributed by atoms with Crippen LogP contribution in [0.4, 0.5) is 5.95 Å². The molecule has 2 atom stereocenters. The summed E-state index contributed by atoms with van der Waals surface area (Å²) in [5.74, 6) is 0.604. The molecule has 4 rings (SSSR count). The van der Waals surface area contributed by atoms with E-state index in [9.17, 15) is 4.79 Å². The minimum atomic E-state index is -0.110. The summed E-state index contributed by atoms with van der Waals surface area (Å²) in [6.07, 6.45) is 2.60. The Morgan fingerprint density at radius 3 is 2.58 bits per heavy atom. The van der Waals surface area contributed by atoms with Crippen molar-refractivity contribution in [2.24, 2.45) is 0 Å². The lowest BCUT2D eigenvalue weighted by Crippen LogP contribution is -2.42. The third kappa shape index (κ3) is 2.78. The molecule has 1 aliphatic heterocycles. The standard InChI is InChI=1S/C20H19ClN4O/c1-2-19(26)24-17(14-8-4-3-5-9-14)12-18(25-20(24)22-13-23-25)15-10-6-7-11-16(15)21/h3-11,13,17-18H,2,12H2,1H3. The topological polar surface area (TPSA) is 51.0 Å². The van der Waals surface area contributed by atoms with Crippen LogP contribution in [0.15, 0.2) is 60.9 Å². The first-order chi connectivity index (χ1) is 12.7. The normalized spacial score (nSPS) is 19.2. The molecule has 6 heteroatoms. The number of hydrogen-bond acceptors (Lipinski definition) is 3. The molecule has 0 aliphatic carbocycles. The smallest absolute Gasteiger partial charge is 0.231 e. The number of halogens is 1. The average Bonchev–Trinajstić information content (AvgIpc) is 3.17. The summed E-state index contributed by atoms with van der Waals surface area (Å²) >= 11 is 6.47. The van der Waals surface area contributed by atoms with Gasteiger partial charge >= 0.3 is 0 Å². The molecule has 0 saturated carbocycles. The summed E-state index contributed by atoms with van der Waals surface area (Å²) in [4.78, 5) is 18.9. The monoisotopic (exact) mass is 366 g/mol. The Hall–Kier alpha value is -2.66. The second-order valence-corrected chi connectivity index (χ2v) is 6.73. The van der Waals surface area contributed by atoms with Crippen molar-refractivity contribution in [2.45, 2.75) is 31.8 Å². The molecule has 26 heavy (non-hydrogen) atoms. The van der Waals surface area contributed by atoms with Gasteiger partial charge in [0.25, 0.3) is 0 Å². The molecule has 0 bridgehead atoms. The van der Waals surface area contributed by atoms with Crippen molar-refractivity contribution < 1.29 is 4.79 Å². The van der Waals surface area contributed by atoms with Gasteiger partial charge in [-0.1, -0.05) is 67.1 Å². The Kier molecular flexibility index (Phi) is 4.47. The van der Waals surface area contributed by atoms with Gasteiger partial charge in [-0.3, -0.25) is 9.69 Å². The van der Waals surface area contributed by atoms with Gasteiger partial charge in [0.2, 0.25) is 11.9 Å². The minimum Gasteiger partial charge on any atom is -0.274 e. The van der Waals surface area contributed by atoms with E-state index in [2.05, 4.69) is 22.2 Å². The van der Waals surface area contributed by atoms with Gasteiger partial charge in [-0.05, 0) is 23.6 Å². The Morgan fingerprint density at radius 1 is 1.12 bits per heavy atom. The van der Waals surface area contributed by atoms with Gasteiger partial charge in [-0.15, -0.1) is 0 Å². The summed E-state index contributed by atoms with van der Waals surface area (Å²) in [7, 11) is 0. The molecular weight excluding hydrogens is 348 g/mol. The minimum absolute atomic E-state index is 0.0331. The third-order valence-corrected chi connectivity index (χ3v) is 5.19. The molecule has 1 amide bonds. The van der Waals surface area contributed by atoms with Gasteiger partial charge in [0.05, 0.1) is 12.1 Å². The van der Waals surface area contributed by atoms with Gasteiger partial charge in [0, 0.05) is 11.4 Å². The maximum atomic E-state index is 12.7. The first kappa shape index (κ1) is 16.8. The van der Waals surface area contributed by atoms with E-state index in [0.717, 1.165) is 11.1 Å². The maximum Gasteiger partial charge on any atom is 0.231 e. The van der Waals surface area contributed by atoms with Crippen molar-refractivity contribution in [1.82, 2.24) is 14.8 Å². The fourth-order valence-electron chi connectivity index (χ4n) is 3.61. The highest BCUT2D eigenvalue weighted by Crippen LogP contribution is 2.43. The Bertz CT molecular complexity index is 924. The van der Waals surface area contributed by atoms with Gasteiger partial charge in [0.15, 0.2) is 0 Å². The van der Waals surface area contributed by atoms with Crippen molar-refractivity contribution in [2.75, 3.05) is 4.90 Å². The Morgan fingerprint density at radius 2 is 1.85 bits per heavy atom. The second-order valence-electron chi connectivity index (χ2n) is 6.32. The van der Waals surface area contributed by atoms with Crippen LogP contribution in [0.5, 0.6) is 0 Å². The van der Waals surface area contributed by atoms with E-state index in [1.54, 1.807) is 4.90 Å². The fourth-order valence-corrected chi connectivity index (χ4v) is 3.87. The average molecular weight is 367 g/mol. The zero-order chi connectivity index (χ0) is 18.1. The number of hydrogen-bond donors (Lipinski definition) is 0. The predicted molar refractivity (Wildman–Crippen MR) is 101 cm³/mol. The highest BCUT2D eigenvalue weighted by atomic mass is 35.5. The molecule has 2 aromatic carbocycles. The van der Waals surface area contributed by atoms with Crippen molar-refractivity contribution in [3.8, 4) is 0 Å². The fraction of sp³-hybridized carbons (Fsp3) is 0.250. The summed E-state index contributed by atoms with van der Waals surface area (Å²) in [5, 5.41) is 5.10. The number of carbonyl (C=O) groups is 1. The van der Waals surface area contributed by atoms with Crippen LogP contribution in [0.3, 0.4) is 0 Å². The molecule has 1 aromatic heterocycles. The number of benzene rings is 2. The van der Waals surface area contributed by atoms with Crippen molar-refractivity contribution in [1.29, 1.82) is 0 Å². The molecule has 1 aliphatic rings. The predicted octanol–water partition coefficient (Wildman–Crippen LogP) is 4.41. The zero-order valence-electron chi connectivity index (χ0n) is 14.4. The molecular formula is C20H19ClN4O. The summed E-state index contributed by atoms with van der Waals surface area (Å²) in [6.45, 7) is 1.87. The summed E-state index contributed by atoms with van der Waals surface area (Å²) in [6, 6.07) is 17.7. The number of aromatic nitrogens is 3. The van der Waals surface area contributed by atoms with Crippen LogP contribution in [-0.2, 0) is 4.79 Å². The first-order valence-electron chi connectivity index (χ1n) is 8.71. The third-order valence-electron chi connectivity index (χ3n) is 4.84. The molecule has 0 N–H and O–H groups in total. The van der Waals surface area contributed by atoms with Crippen LogP contribution in [0, 0.1) is 0 Å². The number of carbonyl (C=O) groups excluding carboxylic acids is 1. The van der Waals surface area contributed by atoms with Crippen molar-refractivity contribution in [3.05, 3.63) is 77.1 Å². The number of anilines is 1. The van der Waals surface area contributed by atoms with Crippen LogP contribution in [0.25, 0.3) is 0 Å². The number of nitrogens with zero attached hydrogens (tertiary/aromatic N) is 4. The van der Waals surface area contributed by atoms with Crippen molar-refractivity contribution >= 4 is 23.5 Å². The molecule has 0 spiro atoms. The number of fused-ring (bicyclic) bond motifs is 1. The van der Waals surface area contributed by atoms with E-state index in [1.165, 1.54) is 6.33 Å². The molecule has 0 fully saturated rings. The van der Waals surface area contributed by atoms with Crippen LogP contribution < -0.4 is 4.90 Å². The van der Waals surface area contributed by atoms with E-state index < -0.39 is 0 Å². The van der Waals surface area contributed by atoms with Crippen LogP contribution in [0.1, 0.15) is 43.0 Å². The Balaban J connectivity index is 1.87. The SMILES string of the molecule is CCC(=O)N1c2ncnn2C(c2ccccc2Cl)CC1c1ccccc1. The quantitative estimate of drug-likeness (QED) is 0.690. The number of amides is 1. The molecule has 2 heterocycles. The van der Waals surface area contributed by atoms with E-state index in [-0.39, 0.29) is 18.0 Å². The van der Waals surface area contributed by atoms with Crippen molar-refractivity contribution in [3.63, 3.8) is 0 Å². The molecule has 132 valence electrons. The van der Waals surface area contributed by atoms with Crippen LogP contribution >= 0.6 is 11.6 Å². The second kappa shape index (κ2) is 6.92. The summed E-state index contributed by atoms with van der Waals surface area (Å²) < 4.78 is 1.81. The van der Waals surface area contributed by atoms with E-state index in [4.69, 9.17) is 11.6 Å². The molecule has 5 nitrogen and oxygen atoms in total. The molecule has 0 saturated heterocycles. The van der Waals surface area contributed by atoms with Crippen LogP contribution in [-0.4, -0.2) is 20.7 Å². The largest absolute Gasteiger partial charge is 0.274 e. The van der Waals surface area contributed by atoms with Crippen LogP contribution in [0.2, 0.25) is 5.02 Å². The lowest BCUT2D eigenvalue weighted by molar-refractivity contribution is -0.119. The highest BCUT2D eigenvalue weighted by molar-refractivity contribution is 6.31. The lowest BCUT2D eigenvalue weighted by Gasteiger charge is -2.39. The molecule has 0 radical (unpaired) electrons. The van der Waals surface area contributed by atoms with E-state index in [0.29, 0.717) is 23.8 Å². The highest BCUT2D eigenvalue weighted by Gasteiger charge is 2.39. The van der Waals surface area contributed by atoms with Gasteiger partial charge < -0.3 is 0 Å². The van der Waals surface area contributed by atoms with Gasteiger partial charge in [-0.2, -0.15) is 10.1 Å². The summed E-state index contributed by atoms with van der Waals surface area (Å²) in [5.41, 5.74) is 2.08. The van der Waals surface area contributed by atoms with E-state index >= 15 is 0 Å². The Labute approximate surface area is 157 Å². The van der Waals surface area contributed by atoms with Gasteiger partial charge in [-0.25, -0.2) is 4.68 Å². The molecule has 2 unspecified atom stereocenters. The zero-order valence-corrected chi connectivity index (χ0v) is 15.2.